The Morgan fingerprint density at radius 1 is 1.29 bits per heavy atom. The van der Waals surface area contributed by atoms with Gasteiger partial charge >= 0.3 is 6.03 Å². The van der Waals surface area contributed by atoms with Gasteiger partial charge in [-0.15, -0.1) is 0 Å². The summed E-state index contributed by atoms with van der Waals surface area (Å²) >= 11 is 4.01. The van der Waals surface area contributed by atoms with E-state index in [0.29, 0.717) is 12.5 Å². The fourth-order valence-corrected chi connectivity index (χ4v) is 2.20. The Morgan fingerprint density at radius 2 is 1.94 bits per heavy atom. The van der Waals surface area contributed by atoms with Crippen molar-refractivity contribution < 1.29 is 9.59 Å². The third kappa shape index (κ3) is 5.81. The van der Waals surface area contributed by atoms with Gasteiger partial charge in [-0.3, -0.25) is 9.10 Å². The average molecular weight is 259 g/mol. The summed E-state index contributed by atoms with van der Waals surface area (Å²) in [5, 5.41) is 2.83. The molecule has 0 saturated heterocycles. The van der Waals surface area contributed by atoms with Gasteiger partial charge in [0.2, 0.25) is 5.91 Å². The van der Waals surface area contributed by atoms with Gasteiger partial charge in [0.05, 0.1) is 0 Å². The highest BCUT2D eigenvalue weighted by Gasteiger charge is 2.16. The molecule has 17 heavy (non-hydrogen) atoms. The van der Waals surface area contributed by atoms with Crippen molar-refractivity contribution in [2.75, 3.05) is 13.1 Å². The second-order valence-electron chi connectivity index (χ2n) is 4.53. The van der Waals surface area contributed by atoms with E-state index in [2.05, 4.69) is 18.1 Å². The first-order valence-corrected chi connectivity index (χ1v) is 6.52. The molecule has 1 aliphatic carbocycles. The number of hydrogen-bond donors (Lipinski definition) is 3. The molecule has 6 heteroatoms. The molecule has 98 valence electrons. The molecule has 0 unspecified atom stereocenters. The summed E-state index contributed by atoms with van der Waals surface area (Å²) in [6, 6.07) is -0.250. The Morgan fingerprint density at radius 3 is 2.53 bits per heavy atom. The zero-order valence-corrected chi connectivity index (χ0v) is 10.9. The standard InChI is InChI=1S/C11H21N3O2S/c12-10(15)6-7-14(17)11(16)13-8-9-4-2-1-3-5-9/h9,17H,1-8H2,(H2,12,15)(H,13,16). The summed E-state index contributed by atoms with van der Waals surface area (Å²) in [5.74, 6) is 0.162. The van der Waals surface area contributed by atoms with E-state index < -0.39 is 5.91 Å². The van der Waals surface area contributed by atoms with Crippen LogP contribution in [-0.4, -0.2) is 29.3 Å². The number of hydrogen-bond acceptors (Lipinski definition) is 3. The van der Waals surface area contributed by atoms with Crippen molar-refractivity contribution in [2.24, 2.45) is 11.7 Å². The molecular weight excluding hydrogens is 238 g/mol. The minimum atomic E-state index is -0.427. The maximum atomic E-state index is 11.6. The number of urea groups is 1. The molecule has 0 aromatic rings. The largest absolute Gasteiger partial charge is 0.370 e. The number of nitrogens with one attached hydrogen (secondary N) is 1. The van der Waals surface area contributed by atoms with Crippen LogP contribution in [0.2, 0.25) is 0 Å². The Hall–Kier alpha value is -0.910. The van der Waals surface area contributed by atoms with E-state index in [9.17, 15) is 9.59 Å². The SMILES string of the molecule is NC(=O)CCN(S)C(=O)NCC1CCCCC1. The number of primary amides is 1. The topological polar surface area (TPSA) is 75.4 Å². The highest BCUT2D eigenvalue weighted by Crippen LogP contribution is 2.22. The number of thiol groups is 1. The number of nitrogens with two attached hydrogens (primary N) is 1. The lowest BCUT2D eigenvalue weighted by atomic mass is 9.89. The first kappa shape index (κ1) is 14.2. The molecule has 1 fully saturated rings. The van der Waals surface area contributed by atoms with Crippen LogP contribution in [-0.2, 0) is 4.79 Å². The Bertz CT molecular complexity index is 267. The van der Waals surface area contributed by atoms with Gasteiger partial charge in [-0.1, -0.05) is 32.1 Å². The molecule has 0 heterocycles. The molecule has 1 aliphatic rings. The van der Waals surface area contributed by atoms with Gasteiger partial charge in [-0.05, 0) is 18.8 Å². The van der Waals surface area contributed by atoms with Gasteiger partial charge in [-0.25, -0.2) is 4.79 Å². The van der Waals surface area contributed by atoms with Crippen LogP contribution in [0.1, 0.15) is 38.5 Å². The van der Waals surface area contributed by atoms with Crippen molar-refractivity contribution in [3.8, 4) is 0 Å². The maximum absolute atomic E-state index is 11.6. The van der Waals surface area contributed by atoms with Gasteiger partial charge in [0, 0.05) is 19.5 Å². The number of nitrogens with zero attached hydrogens (tertiary/aromatic N) is 1. The number of rotatable bonds is 5. The zero-order valence-electron chi connectivity index (χ0n) is 10.0. The molecule has 0 atom stereocenters. The minimum Gasteiger partial charge on any atom is -0.370 e. The lowest BCUT2D eigenvalue weighted by molar-refractivity contribution is -0.118. The second-order valence-corrected chi connectivity index (χ2v) is 5.01. The molecule has 1 saturated carbocycles. The molecule has 0 aromatic carbocycles. The minimum absolute atomic E-state index is 0.139. The van der Waals surface area contributed by atoms with E-state index in [1.165, 1.54) is 36.4 Å². The van der Waals surface area contributed by atoms with Crippen LogP contribution in [0.25, 0.3) is 0 Å². The number of carbonyl (C=O) groups is 2. The van der Waals surface area contributed by atoms with Crippen LogP contribution in [0.15, 0.2) is 0 Å². The van der Waals surface area contributed by atoms with Crippen LogP contribution in [0.3, 0.4) is 0 Å². The molecular formula is C11H21N3O2S. The van der Waals surface area contributed by atoms with E-state index in [1.807, 2.05) is 0 Å². The molecule has 1 rings (SSSR count). The molecule has 3 N–H and O–H groups in total. The fraction of sp³-hybridized carbons (Fsp3) is 0.818. The molecule has 5 nitrogen and oxygen atoms in total. The van der Waals surface area contributed by atoms with E-state index in [4.69, 9.17) is 5.73 Å². The van der Waals surface area contributed by atoms with Gasteiger partial charge in [0.1, 0.15) is 0 Å². The van der Waals surface area contributed by atoms with Crippen LogP contribution in [0.5, 0.6) is 0 Å². The first-order chi connectivity index (χ1) is 8.09. The third-order valence-corrected chi connectivity index (χ3v) is 3.45. The lowest BCUT2D eigenvalue weighted by Crippen LogP contribution is -2.38. The molecule has 0 aliphatic heterocycles. The van der Waals surface area contributed by atoms with Gasteiger partial charge in [-0.2, -0.15) is 0 Å². The predicted octanol–water partition coefficient (Wildman–Crippen LogP) is 1.30. The Labute approximate surface area is 108 Å². The Balaban J connectivity index is 2.16. The first-order valence-electron chi connectivity index (χ1n) is 6.12. The molecule has 0 bridgehead atoms. The number of carbonyl (C=O) groups excluding carboxylic acids is 2. The molecule has 0 aromatic heterocycles. The van der Waals surface area contributed by atoms with Crippen molar-refractivity contribution in [3.63, 3.8) is 0 Å². The van der Waals surface area contributed by atoms with Crippen LogP contribution < -0.4 is 11.1 Å². The van der Waals surface area contributed by atoms with Crippen molar-refractivity contribution in [1.82, 2.24) is 9.62 Å². The van der Waals surface area contributed by atoms with Crippen molar-refractivity contribution in [1.29, 1.82) is 0 Å². The summed E-state index contributed by atoms with van der Waals surface area (Å²) in [6.45, 7) is 0.946. The van der Waals surface area contributed by atoms with Crippen LogP contribution in [0, 0.1) is 5.92 Å². The quantitative estimate of drug-likeness (QED) is 0.651. The zero-order chi connectivity index (χ0) is 12.7. The van der Waals surface area contributed by atoms with Crippen molar-refractivity contribution >= 4 is 24.8 Å². The highest BCUT2D eigenvalue weighted by atomic mass is 32.1. The Kier molecular flexibility index (Phi) is 6.18. The monoisotopic (exact) mass is 259 g/mol. The van der Waals surface area contributed by atoms with E-state index >= 15 is 0 Å². The summed E-state index contributed by atoms with van der Waals surface area (Å²) in [7, 11) is 0. The summed E-state index contributed by atoms with van der Waals surface area (Å²) in [6.07, 6.45) is 6.34. The van der Waals surface area contributed by atoms with Crippen LogP contribution >= 0.6 is 12.8 Å². The smallest absolute Gasteiger partial charge is 0.327 e. The number of amides is 3. The average Bonchev–Trinajstić information content (AvgIpc) is 2.34. The summed E-state index contributed by atoms with van der Waals surface area (Å²) < 4.78 is 1.20. The van der Waals surface area contributed by atoms with E-state index in [1.54, 1.807) is 0 Å². The van der Waals surface area contributed by atoms with Gasteiger partial charge in [0.15, 0.2) is 0 Å². The molecule has 3 amide bonds. The highest BCUT2D eigenvalue weighted by molar-refractivity contribution is 7.78. The fourth-order valence-electron chi connectivity index (χ4n) is 2.03. The van der Waals surface area contributed by atoms with Crippen LogP contribution in [0.4, 0.5) is 4.79 Å². The van der Waals surface area contributed by atoms with Crippen molar-refractivity contribution in [3.05, 3.63) is 0 Å². The normalized spacial score (nSPS) is 16.5. The summed E-state index contributed by atoms with van der Waals surface area (Å²) in [4.78, 5) is 22.1. The van der Waals surface area contributed by atoms with Gasteiger partial charge < -0.3 is 11.1 Å². The molecule has 0 radical (unpaired) electrons. The summed E-state index contributed by atoms with van der Waals surface area (Å²) in [5.41, 5.74) is 5.00. The lowest BCUT2D eigenvalue weighted by Gasteiger charge is -2.23. The molecule has 0 spiro atoms. The third-order valence-electron chi connectivity index (χ3n) is 3.07. The van der Waals surface area contributed by atoms with Crippen molar-refractivity contribution in [2.45, 2.75) is 38.5 Å². The van der Waals surface area contributed by atoms with E-state index in [-0.39, 0.29) is 19.0 Å². The van der Waals surface area contributed by atoms with E-state index in [0.717, 1.165) is 0 Å². The van der Waals surface area contributed by atoms with Gasteiger partial charge in [0.25, 0.3) is 0 Å². The maximum Gasteiger partial charge on any atom is 0.327 e. The predicted molar refractivity (Wildman–Crippen MR) is 69.5 cm³/mol. The second kappa shape index (κ2) is 7.42.